The minimum absolute atomic E-state index is 0.00859. The Morgan fingerprint density at radius 2 is 1.95 bits per heavy atom. The van der Waals surface area contributed by atoms with Crippen molar-refractivity contribution < 1.29 is 21.9 Å². The summed E-state index contributed by atoms with van der Waals surface area (Å²) >= 11 is 1.17. The van der Waals surface area contributed by atoms with Gasteiger partial charge in [0, 0.05) is 17.5 Å². The molecule has 0 aliphatic carbocycles. The largest absolute Gasteiger partial charge is 0.492 e. The van der Waals surface area contributed by atoms with Crippen molar-refractivity contribution in [2.75, 3.05) is 13.2 Å². The van der Waals surface area contributed by atoms with Crippen LogP contribution in [-0.4, -0.2) is 21.6 Å². The Morgan fingerprint density at radius 1 is 1.19 bits per heavy atom. The van der Waals surface area contributed by atoms with E-state index in [-0.39, 0.29) is 23.1 Å². The topological polar surface area (TPSA) is 55.4 Å². The molecule has 1 aromatic heterocycles. The highest BCUT2D eigenvalue weighted by molar-refractivity contribution is 7.91. The Kier molecular flexibility index (Phi) is 4.92. The predicted molar refractivity (Wildman–Crippen MR) is 76.1 cm³/mol. The molecule has 8 heteroatoms. The van der Waals surface area contributed by atoms with Gasteiger partial charge in [-0.1, -0.05) is 0 Å². The average Bonchev–Trinajstić information content (AvgIpc) is 2.86. The Bertz CT molecular complexity index is 729. The highest BCUT2D eigenvalue weighted by atomic mass is 32.2. The van der Waals surface area contributed by atoms with Gasteiger partial charge in [0.2, 0.25) is 10.0 Å². The molecule has 1 heterocycles. The van der Waals surface area contributed by atoms with Gasteiger partial charge in [-0.3, -0.25) is 0 Å². The second-order valence-corrected chi connectivity index (χ2v) is 7.47. The number of aryl methyl sites for hydroxylation is 1. The Labute approximate surface area is 125 Å². The monoisotopic (exact) mass is 333 g/mol. The number of benzene rings is 1. The quantitative estimate of drug-likeness (QED) is 0.827. The van der Waals surface area contributed by atoms with E-state index in [1.54, 1.807) is 6.07 Å². The molecule has 0 atom stereocenters. The van der Waals surface area contributed by atoms with Crippen LogP contribution in [0.2, 0.25) is 0 Å². The summed E-state index contributed by atoms with van der Waals surface area (Å²) < 4.78 is 57.2. The van der Waals surface area contributed by atoms with Crippen LogP contribution in [0.25, 0.3) is 0 Å². The molecule has 0 radical (unpaired) electrons. The molecule has 0 amide bonds. The molecule has 21 heavy (non-hydrogen) atoms. The molecule has 114 valence electrons. The molecule has 0 unspecified atom stereocenters. The minimum Gasteiger partial charge on any atom is -0.492 e. The van der Waals surface area contributed by atoms with Gasteiger partial charge in [-0.25, -0.2) is 21.9 Å². The van der Waals surface area contributed by atoms with Crippen LogP contribution in [-0.2, 0) is 10.0 Å². The molecule has 2 aromatic rings. The second-order valence-electron chi connectivity index (χ2n) is 4.19. The van der Waals surface area contributed by atoms with Crippen molar-refractivity contribution in [3.8, 4) is 5.75 Å². The molecule has 4 nitrogen and oxygen atoms in total. The summed E-state index contributed by atoms with van der Waals surface area (Å²) in [5.74, 6) is -1.83. The third kappa shape index (κ3) is 4.23. The highest BCUT2D eigenvalue weighted by Gasteiger charge is 2.15. The molecule has 0 aliphatic rings. The number of thiophene rings is 1. The van der Waals surface area contributed by atoms with Gasteiger partial charge in [-0.05, 0) is 31.2 Å². The van der Waals surface area contributed by atoms with Gasteiger partial charge < -0.3 is 4.74 Å². The first-order valence-corrected chi connectivity index (χ1v) is 8.32. The highest BCUT2D eigenvalue weighted by Crippen LogP contribution is 2.20. The lowest BCUT2D eigenvalue weighted by Crippen LogP contribution is -2.27. The first kappa shape index (κ1) is 15.9. The minimum atomic E-state index is -3.55. The van der Waals surface area contributed by atoms with Gasteiger partial charge in [0.1, 0.15) is 16.6 Å². The molecular formula is C13H13F2NO3S2. The van der Waals surface area contributed by atoms with Gasteiger partial charge in [0.05, 0.1) is 0 Å². The van der Waals surface area contributed by atoms with Crippen LogP contribution in [0.1, 0.15) is 4.88 Å². The van der Waals surface area contributed by atoms with Crippen molar-refractivity contribution in [3.63, 3.8) is 0 Å². The van der Waals surface area contributed by atoms with Gasteiger partial charge in [0.15, 0.2) is 11.6 Å². The van der Waals surface area contributed by atoms with Crippen LogP contribution in [0.3, 0.4) is 0 Å². The molecule has 0 spiro atoms. The fourth-order valence-corrected chi connectivity index (χ4v) is 3.88. The molecule has 2 rings (SSSR count). The fraction of sp³-hybridized carbons (Fsp3) is 0.231. The maximum Gasteiger partial charge on any atom is 0.250 e. The zero-order valence-electron chi connectivity index (χ0n) is 11.1. The number of hydrogen-bond donors (Lipinski definition) is 1. The van der Waals surface area contributed by atoms with E-state index in [9.17, 15) is 17.2 Å². The van der Waals surface area contributed by atoms with E-state index in [2.05, 4.69) is 4.72 Å². The molecule has 1 aromatic carbocycles. The van der Waals surface area contributed by atoms with E-state index in [0.717, 1.165) is 17.0 Å². The maximum absolute atomic E-state index is 12.9. The zero-order valence-corrected chi connectivity index (χ0v) is 12.7. The van der Waals surface area contributed by atoms with Gasteiger partial charge in [-0.2, -0.15) is 0 Å². The number of ether oxygens (including phenoxy) is 1. The smallest absolute Gasteiger partial charge is 0.250 e. The summed E-state index contributed by atoms with van der Waals surface area (Å²) in [7, 11) is -3.55. The first-order valence-electron chi connectivity index (χ1n) is 6.02. The van der Waals surface area contributed by atoms with Crippen LogP contribution in [0.5, 0.6) is 5.75 Å². The standard InChI is InChI=1S/C13H13F2NO3S2/c1-9-2-5-13(20-9)21(17,18)16-6-7-19-10-3-4-11(14)12(15)8-10/h2-5,8,16H,6-7H2,1H3. The van der Waals surface area contributed by atoms with E-state index in [1.165, 1.54) is 23.5 Å². The zero-order chi connectivity index (χ0) is 15.5. The molecule has 0 saturated carbocycles. The maximum atomic E-state index is 12.9. The van der Waals surface area contributed by atoms with E-state index < -0.39 is 21.7 Å². The summed E-state index contributed by atoms with van der Waals surface area (Å²) in [6.07, 6.45) is 0. The van der Waals surface area contributed by atoms with Crippen LogP contribution < -0.4 is 9.46 Å². The summed E-state index contributed by atoms with van der Waals surface area (Å²) in [6, 6.07) is 6.38. The molecule has 0 saturated heterocycles. The van der Waals surface area contributed by atoms with Crippen LogP contribution in [0.15, 0.2) is 34.5 Å². The Morgan fingerprint density at radius 3 is 2.57 bits per heavy atom. The lowest BCUT2D eigenvalue weighted by molar-refractivity contribution is 0.319. The van der Waals surface area contributed by atoms with Crippen molar-refractivity contribution in [2.45, 2.75) is 11.1 Å². The van der Waals surface area contributed by atoms with E-state index >= 15 is 0 Å². The van der Waals surface area contributed by atoms with Gasteiger partial charge in [-0.15, -0.1) is 11.3 Å². The SMILES string of the molecule is Cc1ccc(S(=O)(=O)NCCOc2ccc(F)c(F)c2)s1. The summed E-state index contributed by atoms with van der Waals surface area (Å²) in [5, 5.41) is 0. The average molecular weight is 333 g/mol. The Balaban J connectivity index is 1.85. The van der Waals surface area contributed by atoms with E-state index in [4.69, 9.17) is 4.74 Å². The van der Waals surface area contributed by atoms with Gasteiger partial charge >= 0.3 is 0 Å². The second kappa shape index (κ2) is 6.50. The van der Waals surface area contributed by atoms with E-state index in [0.29, 0.717) is 0 Å². The summed E-state index contributed by atoms with van der Waals surface area (Å²) in [5.41, 5.74) is 0. The fourth-order valence-electron chi connectivity index (χ4n) is 1.54. The molecule has 0 fully saturated rings. The number of nitrogens with one attached hydrogen (secondary N) is 1. The van der Waals surface area contributed by atoms with Crippen molar-refractivity contribution in [1.82, 2.24) is 4.72 Å². The third-order valence-corrected chi connectivity index (χ3v) is 5.49. The lowest BCUT2D eigenvalue weighted by atomic mass is 10.3. The molecule has 0 bridgehead atoms. The van der Waals surface area contributed by atoms with Crippen molar-refractivity contribution in [2.24, 2.45) is 0 Å². The summed E-state index contributed by atoms with van der Waals surface area (Å²) in [4.78, 5) is 0.897. The van der Waals surface area contributed by atoms with Crippen LogP contribution in [0.4, 0.5) is 8.78 Å². The first-order chi connectivity index (χ1) is 9.88. The number of halogens is 2. The summed E-state index contributed by atoms with van der Waals surface area (Å²) in [6.45, 7) is 1.85. The van der Waals surface area contributed by atoms with Crippen molar-refractivity contribution >= 4 is 21.4 Å². The normalized spacial score (nSPS) is 11.6. The lowest BCUT2D eigenvalue weighted by Gasteiger charge is -2.07. The van der Waals surface area contributed by atoms with Crippen LogP contribution >= 0.6 is 11.3 Å². The predicted octanol–water partition coefficient (Wildman–Crippen LogP) is 2.69. The molecule has 1 N–H and O–H groups in total. The Hall–Kier alpha value is -1.51. The van der Waals surface area contributed by atoms with E-state index in [1.807, 2.05) is 6.92 Å². The van der Waals surface area contributed by atoms with Crippen LogP contribution in [0, 0.1) is 18.6 Å². The number of sulfonamides is 1. The number of hydrogen-bond acceptors (Lipinski definition) is 4. The molecular weight excluding hydrogens is 320 g/mol. The van der Waals surface area contributed by atoms with Crippen molar-refractivity contribution in [1.29, 1.82) is 0 Å². The van der Waals surface area contributed by atoms with Gasteiger partial charge in [0.25, 0.3) is 0 Å². The van der Waals surface area contributed by atoms with Crippen molar-refractivity contribution in [3.05, 3.63) is 46.8 Å². The number of rotatable bonds is 6. The molecule has 0 aliphatic heterocycles. The third-order valence-electron chi connectivity index (χ3n) is 2.53.